The predicted molar refractivity (Wildman–Crippen MR) is 68.2 cm³/mol. The van der Waals surface area contributed by atoms with Crippen LogP contribution in [0.15, 0.2) is 5.16 Å². The van der Waals surface area contributed by atoms with Gasteiger partial charge >= 0.3 is 0 Å². The fourth-order valence-electron chi connectivity index (χ4n) is 2.09. The number of likely N-dealkylation sites (tertiary alicyclic amines) is 1. The molecule has 5 nitrogen and oxygen atoms in total. The number of nitrogens with two attached hydrogens (primary N) is 1. The molecule has 3 N–H and O–H groups in total. The standard InChI is InChI=1S/C12H25N3O2/c1-10(2)9-17-7-6-15-5-3-4-11(8-15)12(13)14-16/h10-11,16H,3-9H2,1-2H3,(H2,13,14). The zero-order chi connectivity index (χ0) is 12.7. The normalized spacial score (nSPS) is 23.2. The lowest BCUT2D eigenvalue weighted by molar-refractivity contribution is 0.0760. The molecule has 1 heterocycles. The number of oxime groups is 1. The molecule has 0 radical (unpaired) electrons. The Morgan fingerprint density at radius 3 is 3.00 bits per heavy atom. The molecule has 1 atom stereocenters. The van der Waals surface area contributed by atoms with E-state index in [0.29, 0.717) is 11.8 Å². The first-order chi connectivity index (χ1) is 8.13. The summed E-state index contributed by atoms with van der Waals surface area (Å²) in [5.41, 5.74) is 5.65. The number of hydrogen-bond acceptors (Lipinski definition) is 4. The van der Waals surface area contributed by atoms with Gasteiger partial charge in [-0.05, 0) is 25.3 Å². The van der Waals surface area contributed by atoms with Crippen molar-refractivity contribution >= 4 is 5.84 Å². The van der Waals surface area contributed by atoms with Gasteiger partial charge in [0.2, 0.25) is 0 Å². The average molecular weight is 243 g/mol. The molecule has 1 aliphatic rings. The summed E-state index contributed by atoms with van der Waals surface area (Å²) in [5, 5.41) is 11.8. The van der Waals surface area contributed by atoms with Crippen LogP contribution >= 0.6 is 0 Å². The highest BCUT2D eigenvalue weighted by molar-refractivity contribution is 5.82. The van der Waals surface area contributed by atoms with Crippen molar-refractivity contribution in [2.24, 2.45) is 22.7 Å². The molecule has 0 bridgehead atoms. The van der Waals surface area contributed by atoms with Crippen molar-refractivity contribution in [2.45, 2.75) is 26.7 Å². The Bertz CT molecular complexity index is 244. The molecule has 0 aromatic carbocycles. The Morgan fingerprint density at radius 1 is 1.59 bits per heavy atom. The van der Waals surface area contributed by atoms with E-state index in [0.717, 1.165) is 45.7 Å². The van der Waals surface area contributed by atoms with Crippen molar-refractivity contribution in [1.82, 2.24) is 4.90 Å². The fraction of sp³-hybridized carbons (Fsp3) is 0.917. The third-order valence-electron chi connectivity index (χ3n) is 3.04. The molecule has 0 saturated carbocycles. The van der Waals surface area contributed by atoms with Crippen LogP contribution in [0.5, 0.6) is 0 Å². The molecule has 5 heteroatoms. The molecule has 0 amide bonds. The summed E-state index contributed by atoms with van der Waals surface area (Å²) >= 11 is 0. The smallest absolute Gasteiger partial charge is 0.143 e. The fourth-order valence-corrected chi connectivity index (χ4v) is 2.09. The van der Waals surface area contributed by atoms with Gasteiger partial charge in [-0.3, -0.25) is 0 Å². The van der Waals surface area contributed by atoms with Crippen molar-refractivity contribution in [2.75, 3.05) is 32.8 Å². The first kappa shape index (κ1) is 14.3. The lowest BCUT2D eigenvalue weighted by Gasteiger charge is -2.31. The lowest BCUT2D eigenvalue weighted by atomic mass is 9.97. The number of rotatable bonds is 6. The minimum Gasteiger partial charge on any atom is -0.409 e. The Kier molecular flexibility index (Phi) is 6.29. The van der Waals surface area contributed by atoms with Crippen molar-refractivity contribution in [3.63, 3.8) is 0 Å². The zero-order valence-corrected chi connectivity index (χ0v) is 10.9. The largest absolute Gasteiger partial charge is 0.409 e. The maximum absolute atomic E-state index is 8.67. The van der Waals surface area contributed by atoms with E-state index < -0.39 is 0 Å². The molecule has 1 unspecified atom stereocenters. The first-order valence-corrected chi connectivity index (χ1v) is 6.41. The summed E-state index contributed by atoms with van der Waals surface area (Å²) in [6.07, 6.45) is 2.12. The van der Waals surface area contributed by atoms with Gasteiger partial charge < -0.3 is 20.6 Å². The second kappa shape index (κ2) is 7.50. The van der Waals surface area contributed by atoms with Crippen LogP contribution in [0.3, 0.4) is 0 Å². The van der Waals surface area contributed by atoms with Crippen molar-refractivity contribution in [3.8, 4) is 0 Å². The molecule has 1 fully saturated rings. The summed E-state index contributed by atoms with van der Waals surface area (Å²) in [5.74, 6) is 1.14. The molecular weight excluding hydrogens is 218 g/mol. The highest BCUT2D eigenvalue weighted by Crippen LogP contribution is 2.16. The van der Waals surface area contributed by atoms with Gasteiger partial charge in [-0.2, -0.15) is 0 Å². The molecule has 0 aliphatic carbocycles. The van der Waals surface area contributed by atoms with Gasteiger partial charge in [0.25, 0.3) is 0 Å². The quantitative estimate of drug-likeness (QED) is 0.241. The number of amidine groups is 1. The summed E-state index contributed by atoms with van der Waals surface area (Å²) in [7, 11) is 0. The molecule has 1 aliphatic heterocycles. The Labute approximate surface area is 104 Å². The van der Waals surface area contributed by atoms with Crippen LogP contribution in [-0.2, 0) is 4.74 Å². The highest BCUT2D eigenvalue weighted by Gasteiger charge is 2.22. The highest BCUT2D eigenvalue weighted by atomic mass is 16.5. The molecule has 100 valence electrons. The van der Waals surface area contributed by atoms with Gasteiger partial charge in [-0.1, -0.05) is 19.0 Å². The van der Waals surface area contributed by atoms with Gasteiger partial charge in [0, 0.05) is 25.6 Å². The van der Waals surface area contributed by atoms with Gasteiger partial charge in [-0.25, -0.2) is 0 Å². The Balaban J connectivity index is 2.21. The van der Waals surface area contributed by atoms with E-state index >= 15 is 0 Å². The minimum absolute atomic E-state index is 0.193. The van der Waals surface area contributed by atoms with Crippen LogP contribution in [0.25, 0.3) is 0 Å². The van der Waals surface area contributed by atoms with Crippen LogP contribution in [0.1, 0.15) is 26.7 Å². The van der Waals surface area contributed by atoms with Crippen LogP contribution in [-0.4, -0.2) is 48.8 Å². The monoisotopic (exact) mass is 243 g/mol. The van der Waals surface area contributed by atoms with E-state index in [2.05, 4.69) is 23.9 Å². The lowest BCUT2D eigenvalue weighted by Crippen LogP contribution is -2.42. The third kappa shape index (κ3) is 5.37. The zero-order valence-electron chi connectivity index (χ0n) is 10.9. The van der Waals surface area contributed by atoms with Gasteiger partial charge in [-0.15, -0.1) is 0 Å². The van der Waals surface area contributed by atoms with Crippen LogP contribution < -0.4 is 5.73 Å². The average Bonchev–Trinajstić information content (AvgIpc) is 2.34. The van der Waals surface area contributed by atoms with Crippen molar-refractivity contribution in [1.29, 1.82) is 0 Å². The molecule has 0 spiro atoms. The van der Waals surface area contributed by atoms with E-state index in [1.165, 1.54) is 0 Å². The van der Waals surface area contributed by atoms with Crippen LogP contribution in [0.4, 0.5) is 0 Å². The van der Waals surface area contributed by atoms with E-state index in [-0.39, 0.29) is 5.92 Å². The summed E-state index contributed by atoms with van der Waals surface area (Å²) in [4.78, 5) is 2.33. The number of nitrogens with zero attached hydrogens (tertiary/aromatic N) is 2. The Morgan fingerprint density at radius 2 is 2.35 bits per heavy atom. The number of piperidine rings is 1. The number of hydrogen-bond donors (Lipinski definition) is 2. The maximum atomic E-state index is 8.67. The van der Waals surface area contributed by atoms with Crippen LogP contribution in [0, 0.1) is 11.8 Å². The molecule has 1 saturated heterocycles. The van der Waals surface area contributed by atoms with Gasteiger partial charge in [0.05, 0.1) is 6.61 Å². The van der Waals surface area contributed by atoms with Gasteiger partial charge in [0.15, 0.2) is 0 Å². The molecular formula is C12H25N3O2. The van der Waals surface area contributed by atoms with E-state index in [1.807, 2.05) is 0 Å². The maximum Gasteiger partial charge on any atom is 0.143 e. The summed E-state index contributed by atoms with van der Waals surface area (Å²) in [6, 6.07) is 0. The molecule has 1 rings (SSSR count). The summed E-state index contributed by atoms with van der Waals surface area (Å²) < 4.78 is 5.57. The van der Waals surface area contributed by atoms with Crippen molar-refractivity contribution in [3.05, 3.63) is 0 Å². The third-order valence-corrected chi connectivity index (χ3v) is 3.04. The SMILES string of the molecule is CC(C)COCCN1CCCC(C(N)=NO)C1. The predicted octanol–water partition coefficient (Wildman–Crippen LogP) is 1.12. The van der Waals surface area contributed by atoms with E-state index in [1.54, 1.807) is 0 Å². The topological polar surface area (TPSA) is 71.1 Å². The molecule has 0 aromatic heterocycles. The van der Waals surface area contributed by atoms with E-state index in [9.17, 15) is 0 Å². The second-order valence-electron chi connectivity index (χ2n) is 5.13. The number of ether oxygens (including phenoxy) is 1. The first-order valence-electron chi connectivity index (χ1n) is 6.41. The molecule has 17 heavy (non-hydrogen) atoms. The van der Waals surface area contributed by atoms with Crippen molar-refractivity contribution < 1.29 is 9.94 Å². The van der Waals surface area contributed by atoms with Crippen LogP contribution in [0.2, 0.25) is 0 Å². The second-order valence-corrected chi connectivity index (χ2v) is 5.13. The van der Waals surface area contributed by atoms with Gasteiger partial charge in [0.1, 0.15) is 5.84 Å². The van der Waals surface area contributed by atoms with E-state index in [4.69, 9.17) is 15.7 Å². The summed E-state index contributed by atoms with van der Waals surface area (Å²) in [6.45, 7) is 8.77. The molecule has 0 aromatic rings. The Hall–Kier alpha value is -0.810. The minimum atomic E-state index is 0.193.